The van der Waals surface area contributed by atoms with Crippen LogP contribution in [0.4, 0.5) is 5.69 Å². The Morgan fingerprint density at radius 3 is 2.16 bits per heavy atom. The second-order valence-electron chi connectivity index (χ2n) is 7.71. The minimum Gasteiger partial charge on any atom is -0.340 e. The summed E-state index contributed by atoms with van der Waals surface area (Å²) < 4.78 is 30.1. The van der Waals surface area contributed by atoms with Crippen LogP contribution in [0.3, 0.4) is 0 Å². The van der Waals surface area contributed by atoms with E-state index in [1.165, 1.54) is 9.21 Å². The number of rotatable bonds is 7. The van der Waals surface area contributed by atoms with Crippen LogP contribution in [-0.4, -0.2) is 42.6 Å². The van der Waals surface area contributed by atoms with Crippen LogP contribution in [0.25, 0.3) is 0 Å². The first-order chi connectivity index (χ1) is 14.6. The summed E-state index contributed by atoms with van der Waals surface area (Å²) in [6, 6.07) is 16.7. The molecule has 3 rings (SSSR count). The molecule has 164 valence electrons. The molecule has 1 heterocycles. The van der Waals surface area contributed by atoms with Gasteiger partial charge in [-0.25, -0.2) is 8.42 Å². The van der Waals surface area contributed by atoms with E-state index in [9.17, 15) is 13.2 Å². The van der Waals surface area contributed by atoms with Gasteiger partial charge in [0.15, 0.2) is 0 Å². The molecular weight excluding hydrogens is 412 g/mol. The first-order valence-corrected chi connectivity index (χ1v) is 11.4. The zero-order valence-electron chi connectivity index (χ0n) is 18.5. The molecule has 8 heteroatoms. The molecule has 3 aromatic rings. The van der Waals surface area contributed by atoms with E-state index in [-0.39, 0.29) is 17.3 Å². The maximum atomic E-state index is 13.7. The smallest absolute Gasteiger partial charge is 0.268 e. The molecule has 0 N–H and O–H groups in total. The normalized spacial score (nSPS) is 11.4. The Bertz CT molecular complexity index is 1170. The first kappa shape index (κ1) is 22.6. The van der Waals surface area contributed by atoms with Crippen LogP contribution < -0.4 is 4.31 Å². The number of likely N-dealkylation sites (N-methyl/N-ethyl adjacent to an activating group) is 1. The molecule has 0 fully saturated rings. The van der Waals surface area contributed by atoms with Gasteiger partial charge in [-0.2, -0.15) is 5.10 Å². The lowest BCUT2D eigenvalue weighted by molar-refractivity contribution is -0.128. The molecule has 0 radical (unpaired) electrons. The predicted molar refractivity (Wildman–Crippen MR) is 121 cm³/mol. The summed E-state index contributed by atoms with van der Waals surface area (Å²) in [5.74, 6) is -0.299. The highest BCUT2D eigenvalue weighted by Crippen LogP contribution is 2.28. The fourth-order valence-electron chi connectivity index (χ4n) is 3.45. The number of amides is 1. The van der Waals surface area contributed by atoms with Crippen molar-refractivity contribution in [3.63, 3.8) is 0 Å². The van der Waals surface area contributed by atoms with E-state index in [4.69, 9.17) is 0 Å². The molecule has 0 aliphatic rings. The molecule has 0 saturated carbocycles. The van der Waals surface area contributed by atoms with Gasteiger partial charge in [0.1, 0.15) is 11.4 Å². The van der Waals surface area contributed by atoms with Gasteiger partial charge in [-0.15, -0.1) is 0 Å². The molecule has 0 unspecified atom stereocenters. The number of sulfonamides is 1. The number of carbonyl (C=O) groups is 1. The molecule has 0 spiro atoms. The minimum absolute atomic E-state index is 0.133. The number of aryl methyl sites for hydroxylation is 3. The Morgan fingerprint density at radius 1 is 1.00 bits per heavy atom. The molecule has 1 amide bonds. The second-order valence-corrected chi connectivity index (χ2v) is 9.51. The Labute approximate surface area is 184 Å². The van der Waals surface area contributed by atoms with Crippen LogP contribution in [0, 0.1) is 20.8 Å². The van der Waals surface area contributed by atoms with E-state index in [0.29, 0.717) is 23.6 Å². The largest absolute Gasteiger partial charge is 0.340 e. The lowest BCUT2D eigenvalue weighted by atomic mass is 10.2. The van der Waals surface area contributed by atoms with E-state index < -0.39 is 10.0 Å². The van der Waals surface area contributed by atoms with Crippen molar-refractivity contribution in [2.24, 2.45) is 7.05 Å². The van der Waals surface area contributed by atoms with E-state index in [1.54, 1.807) is 44.8 Å². The number of anilines is 1. The first-order valence-electron chi connectivity index (χ1n) is 9.98. The summed E-state index contributed by atoms with van der Waals surface area (Å²) in [6.45, 7) is 5.39. The summed E-state index contributed by atoms with van der Waals surface area (Å²) in [6.07, 6.45) is 0. The van der Waals surface area contributed by atoms with Crippen molar-refractivity contribution in [1.29, 1.82) is 0 Å². The van der Waals surface area contributed by atoms with Crippen molar-refractivity contribution in [1.82, 2.24) is 14.7 Å². The fourth-order valence-corrected chi connectivity index (χ4v) is 5.27. The number of carbonyl (C=O) groups excluding carboxylic acids is 1. The Balaban J connectivity index is 1.97. The van der Waals surface area contributed by atoms with Gasteiger partial charge in [-0.1, -0.05) is 48.0 Å². The van der Waals surface area contributed by atoms with Gasteiger partial charge < -0.3 is 4.90 Å². The average molecular weight is 441 g/mol. The van der Waals surface area contributed by atoms with Crippen molar-refractivity contribution in [2.75, 3.05) is 17.9 Å². The zero-order valence-corrected chi connectivity index (χ0v) is 19.3. The van der Waals surface area contributed by atoms with Gasteiger partial charge in [0.2, 0.25) is 5.91 Å². The summed E-state index contributed by atoms with van der Waals surface area (Å²) in [7, 11) is -0.625. The molecule has 0 saturated heterocycles. The molecular formula is C23H28N4O3S. The van der Waals surface area contributed by atoms with Crippen molar-refractivity contribution in [2.45, 2.75) is 32.2 Å². The molecule has 2 aromatic carbocycles. The highest BCUT2D eigenvalue weighted by atomic mass is 32.2. The van der Waals surface area contributed by atoms with Gasteiger partial charge in [0, 0.05) is 20.6 Å². The third-order valence-electron chi connectivity index (χ3n) is 5.28. The van der Waals surface area contributed by atoms with Gasteiger partial charge in [0.25, 0.3) is 10.0 Å². The summed E-state index contributed by atoms with van der Waals surface area (Å²) in [5.41, 5.74) is 3.35. The van der Waals surface area contributed by atoms with Crippen molar-refractivity contribution in [3.05, 3.63) is 77.1 Å². The second kappa shape index (κ2) is 8.93. The summed E-state index contributed by atoms with van der Waals surface area (Å²) in [4.78, 5) is 14.7. The topological polar surface area (TPSA) is 75.5 Å². The lowest BCUT2D eigenvalue weighted by Gasteiger charge is -2.27. The minimum atomic E-state index is -4.01. The van der Waals surface area contributed by atoms with Gasteiger partial charge in [-0.3, -0.25) is 13.8 Å². The Morgan fingerprint density at radius 2 is 1.61 bits per heavy atom. The monoisotopic (exact) mass is 440 g/mol. The van der Waals surface area contributed by atoms with E-state index in [2.05, 4.69) is 5.10 Å². The zero-order chi connectivity index (χ0) is 22.8. The quantitative estimate of drug-likeness (QED) is 0.565. The van der Waals surface area contributed by atoms with Crippen molar-refractivity contribution in [3.8, 4) is 0 Å². The molecule has 0 atom stereocenters. The van der Waals surface area contributed by atoms with Crippen molar-refractivity contribution < 1.29 is 13.2 Å². The van der Waals surface area contributed by atoms with Crippen LogP contribution in [0.5, 0.6) is 0 Å². The summed E-state index contributed by atoms with van der Waals surface area (Å²) >= 11 is 0. The van der Waals surface area contributed by atoms with Crippen LogP contribution in [-0.2, 0) is 28.4 Å². The van der Waals surface area contributed by atoms with Crippen LogP contribution in [0.1, 0.15) is 22.5 Å². The number of benzene rings is 2. The van der Waals surface area contributed by atoms with Crippen LogP contribution in [0.15, 0.2) is 59.5 Å². The maximum absolute atomic E-state index is 13.7. The summed E-state index contributed by atoms with van der Waals surface area (Å²) in [5, 5.41) is 4.25. The van der Waals surface area contributed by atoms with Crippen LogP contribution in [0.2, 0.25) is 0 Å². The molecule has 1 aromatic heterocycles. The molecule has 0 bridgehead atoms. The fraction of sp³-hybridized carbons (Fsp3) is 0.304. The maximum Gasteiger partial charge on any atom is 0.268 e. The lowest BCUT2D eigenvalue weighted by Crippen LogP contribution is -2.41. The van der Waals surface area contributed by atoms with Crippen LogP contribution >= 0.6 is 0 Å². The van der Waals surface area contributed by atoms with E-state index in [0.717, 1.165) is 11.1 Å². The third kappa shape index (κ3) is 4.80. The molecule has 31 heavy (non-hydrogen) atoms. The Kier molecular flexibility index (Phi) is 6.50. The SMILES string of the molecule is Cc1ccc(N(CC(=O)N(C)Cc2ccccc2)S(=O)(=O)c2c(C)nn(C)c2C)cc1. The number of nitrogens with zero attached hydrogens (tertiary/aromatic N) is 4. The average Bonchev–Trinajstić information content (AvgIpc) is 2.99. The van der Waals surface area contributed by atoms with Crippen molar-refractivity contribution >= 4 is 21.6 Å². The predicted octanol–water partition coefficient (Wildman–Crippen LogP) is 3.20. The number of hydrogen-bond acceptors (Lipinski definition) is 4. The Hall–Kier alpha value is -3.13. The number of hydrogen-bond donors (Lipinski definition) is 0. The van der Waals surface area contributed by atoms with E-state index >= 15 is 0 Å². The highest BCUT2D eigenvalue weighted by Gasteiger charge is 2.33. The molecule has 0 aliphatic heterocycles. The van der Waals surface area contributed by atoms with Gasteiger partial charge >= 0.3 is 0 Å². The van der Waals surface area contributed by atoms with Gasteiger partial charge in [0.05, 0.1) is 17.1 Å². The third-order valence-corrected chi connectivity index (χ3v) is 7.31. The standard InChI is InChI=1S/C23H28N4O3S/c1-17-11-13-21(14-12-17)27(31(29,30)23-18(2)24-26(5)19(23)3)16-22(28)25(4)15-20-9-7-6-8-10-20/h6-14H,15-16H2,1-5H3. The molecule has 7 nitrogen and oxygen atoms in total. The van der Waals surface area contributed by atoms with E-state index in [1.807, 2.05) is 49.4 Å². The van der Waals surface area contributed by atoms with Gasteiger partial charge in [-0.05, 0) is 38.5 Å². The molecule has 0 aliphatic carbocycles. The number of aromatic nitrogens is 2. The highest BCUT2D eigenvalue weighted by molar-refractivity contribution is 7.93.